The molecule has 3 aromatic carbocycles. The van der Waals surface area contributed by atoms with Crippen LogP contribution in [0.5, 0.6) is 0 Å². The van der Waals surface area contributed by atoms with Gasteiger partial charge < -0.3 is 10.2 Å². The molecule has 4 aromatic rings. The van der Waals surface area contributed by atoms with Crippen molar-refractivity contribution in [3.63, 3.8) is 0 Å². The number of hydrogen-bond donors (Lipinski definition) is 2. The van der Waals surface area contributed by atoms with Gasteiger partial charge in [0.2, 0.25) is 0 Å². The smallest absolute Gasteiger partial charge is 0.261 e. The summed E-state index contributed by atoms with van der Waals surface area (Å²) in [5.74, 6) is -0.232. The van der Waals surface area contributed by atoms with Gasteiger partial charge in [0.25, 0.3) is 15.9 Å². The SMILES string of the molecule is Cc1ccc(C)c2sc(N3CCN(CCNC(=O)c4cccc(NS(=O)(=O)c5ccccc5)c4)CC3)nc12.Cl. The standard InChI is InChI=1S/C28H31N5O3S2.ClH/c1-20-11-12-21(2)26-25(20)30-28(37-26)33-17-15-32(16-18-33)14-13-29-27(34)22-7-6-8-23(19-22)31-38(35,36)24-9-4-3-5-10-24;/h3-12,19,31H,13-18H2,1-2H3,(H,29,34);1H. The van der Waals surface area contributed by atoms with E-state index in [0.29, 0.717) is 17.8 Å². The van der Waals surface area contributed by atoms with Crippen molar-refractivity contribution in [2.24, 2.45) is 0 Å². The van der Waals surface area contributed by atoms with E-state index in [0.717, 1.165) is 43.4 Å². The lowest BCUT2D eigenvalue weighted by molar-refractivity contribution is 0.0948. The highest BCUT2D eigenvalue weighted by molar-refractivity contribution is 7.92. The lowest BCUT2D eigenvalue weighted by Crippen LogP contribution is -2.48. The normalized spacial score (nSPS) is 14.2. The molecule has 0 atom stereocenters. The van der Waals surface area contributed by atoms with Gasteiger partial charge in [-0.1, -0.05) is 47.7 Å². The molecule has 2 N–H and O–H groups in total. The number of aromatic nitrogens is 1. The number of carbonyl (C=O) groups is 1. The Hall–Kier alpha value is -3.18. The number of benzene rings is 3. The van der Waals surface area contributed by atoms with Gasteiger partial charge >= 0.3 is 0 Å². The highest BCUT2D eigenvalue weighted by atomic mass is 35.5. The van der Waals surface area contributed by atoms with Gasteiger partial charge in [-0.05, 0) is 55.3 Å². The summed E-state index contributed by atoms with van der Waals surface area (Å²) in [5.41, 5.74) is 4.33. The Morgan fingerprint density at radius 1 is 0.949 bits per heavy atom. The van der Waals surface area contributed by atoms with Crippen LogP contribution in [0, 0.1) is 13.8 Å². The number of nitrogens with one attached hydrogen (secondary N) is 2. The maximum Gasteiger partial charge on any atom is 0.261 e. The van der Waals surface area contributed by atoms with Gasteiger partial charge in [-0.3, -0.25) is 14.4 Å². The topological polar surface area (TPSA) is 94.6 Å². The molecule has 1 aliphatic rings. The van der Waals surface area contributed by atoms with Crippen LogP contribution in [-0.4, -0.2) is 63.5 Å². The minimum absolute atomic E-state index is 0. The quantitative estimate of drug-likeness (QED) is 0.312. The van der Waals surface area contributed by atoms with Crippen LogP contribution in [-0.2, 0) is 10.0 Å². The van der Waals surface area contributed by atoms with E-state index in [-0.39, 0.29) is 23.2 Å². The Kier molecular flexibility index (Phi) is 9.12. The molecule has 0 unspecified atom stereocenters. The zero-order valence-corrected chi connectivity index (χ0v) is 24.3. The molecule has 0 saturated carbocycles. The zero-order valence-electron chi connectivity index (χ0n) is 21.9. The number of hydrogen-bond acceptors (Lipinski definition) is 7. The maximum absolute atomic E-state index is 12.7. The van der Waals surface area contributed by atoms with Crippen LogP contribution in [0.1, 0.15) is 21.5 Å². The molecule has 206 valence electrons. The third-order valence-electron chi connectivity index (χ3n) is 6.72. The third kappa shape index (κ3) is 6.70. The summed E-state index contributed by atoms with van der Waals surface area (Å²) in [7, 11) is -3.72. The van der Waals surface area contributed by atoms with Crippen molar-refractivity contribution in [2.45, 2.75) is 18.7 Å². The second-order valence-electron chi connectivity index (χ2n) is 9.46. The average molecular weight is 586 g/mol. The van der Waals surface area contributed by atoms with Crippen LogP contribution >= 0.6 is 23.7 Å². The molecule has 39 heavy (non-hydrogen) atoms. The van der Waals surface area contributed by atoms with E-state index in [9.17, 15) is 13.2 Å². The molecule has 1 aliphatic heterocycles. The molecule has 1 saturated heterocycles. The van der Waals surface area contributed by atoms with E-state index in [2.05, 4.69) is 45.8 Å². The largest absolute Gasteiger partial charge is 0.351 e. The van der Waals surface area contributed by atoms with E-state index in [1.807, 2.05) is 0 Å². The van der Waals surface area contributed by atoms with Gasteiger partial charge in [-0.15, -0.1) is 12.4 Å². The molecule has 11 heteroatoms. The number of thiazole rings is 1. The minimum atomic E-state index is -3.72. The fourth-order valence-corrected chi connectivity index (χ4v) is 6.75. The number of fused-ring (bicyclic) bond motifs is 1. The Morgan fingerprint density at radius 2 is 1.67 bits per heavy atom. The molecule has 0 aliphatic carbocycles. The van der Waals surface area contributed by atoms with Gasteiger partial charge in [-0.25, -0.2) is 13.4 Å². The van der Waals surface area contributed by atoms with Crippen LogP contribution in [0.15, 0.2) is 71.6 Å². The molecule has 0 bridgehead atoms. The number of amides is 1. The Bertz CT molecular complexity index is 1510. The fourth-order valence-electron chi connectivity index (χ4n) is 4.51. The molecule has 0 spiro atoms. The van der Waals surface area contributed by atoms with Crippen molar-refractivity contribution in [1.29, 1.82) is 0 Å². The first-order valence-electron chi connectivity index (χ1n) is 12.6. The molecule has 8 nitrogen and oxygen atoms in total. The van der Waals surface area contributed by atoms with Gasteiger partial charge in [0, 0.05) is 50.5 Å². The first-order chi connectivity index (χ1) is 18.3. The summed E-state index contributed by atoms with van der Waals surface area (Å²) in [6, 6.07) is 19.0. The second-order valence-corrected chi connectivity index (χ2v) is 12.1. The number of rotatable bonds is 8. The van der Waals surface area contributed by atoms with Gasteiger partial charge in [0.15, 0.2) is 5.13 Å². The van der Waals surface area contributed by atoms with Crippen molar-refractivity contribution in [1.82, 2.24) is 15.2 Å². The van der Waals surface area contributed by atoms with Crippen LogP contribution in [0.2, 0.25) is 0 Å². The van der Waals surface area contributed by atoms with Crippen molar-refractivity contribution >= 4 is 60.7 Å². The first-order valence-corrected chi connectivity index (χ1v) is 14.9. The van der Waals surface area contributed by atoms with Gasteiger partial charge in [-0.2, -0.15) is 0 Å². The van der Waals surface area contributed by atoms with Gasteiger partial charge in [0.1, 0.15) is 0 Å². The van der Waals surface area contributed by atoms with E-state index < -0.39 is 10.0 Å². The Morgan fingerprint density at radius 3 is 2.38 bits per heavy atom. The summed E-state index contributed by atoms with van der Waals surface area (Å²) < 4.78 is 29.0. The van der Waals surface area contributed by atoms with Crippen molar-refractivity contribution < 1.29 is 13.2 Å². The van der Waals surface area contributed by atoms with E-state index in [4.69, 9.17) is 4.98 Å². The molecule has 1 aromatic heterocycles. The lowest BCUT2D eigenvalue weighted by atomic mass is 10.1. The predicted molar refractivity (Wildman–Crippen MR) is 161 cm³/mol. The number of nitrogens with zero attached hydrogens (tertiary/aromatic N) is 3. The third-order valence-corrected chi connectivity index (χ3v) is 9.37. The summed E-state index contributed by atoms with van der Waals surface area (Å²) >= 11 is 1.76. The molecule has 0 radical (unpaired) electrons. The fraction of sp³-hybridized carbons (Fsp3) is 0.286. The molecular weight excluding hydrogens is 554 g/mol. The summed E-state index contributed by atoms with van der Waals surface area (Å²) in [5, 5.41) is 4.04. The Labute approximate surface area is 239 Å². The zero-order chi connectivity index (χ0) is 26.7. The molecule has 1 fully saturated rings. The van der Waals surface area contributed by atoms with Crippen LogP contribution in [0.4, 0.5) is 10.8 Å². The number of aryl methyl sites for hydroxylation is 2. The van der Waals surface area contributed by atoms with E-state index >= 15 is 0 Å². The number of anilines is 2. The number of carbonyl (C=O) groups excluding carboxylic acids is 1. The van der Waals surface area contributed by atoms with E-state index in [1.54, 1.807) is 53.8 Å². The second kappa shape index (κ2) is 12.3. The van der Waals surface area contributed by atoms with Crippen LogP contribution in [0.3, 0.4) is 0 Å². The molecule has 5 rings (SSSR count). The van der Waals surface area contributed by atoms with Crippen molar-refractivity contribution in [3.05, 3.63) is 83.4 Å². The molecule has 1 amide bonds. The number of halogens is 1. The van der Waals surface area contributed by atoms with Crippen LogP contribution in [0.25, 0.3) is 10.2 Å². The molecular formula is C28H32ClN5O3S2. The maximum atomic E-state index is 12.7. The van der Waals surface area contributed by atoms with Crippen molar-refractivity contribution in [3.8, 4) is 0 Å². The predicted octanol–water partition coefficient (Wildman–Crippen LogP) is 4.69. The van der Waals surface area contributed by atoms with Crippen LogP contribution < -0.4 is 14.9 Å². The Balaban J connectivity index is 0.00000353. The van der Waals surface area contributed by atoms with Crippen molar-refractivity contribution in [2.75, 3.05) is 48.9 Å². The number of sulfonamides is 1. The minimum Gasteiger partial charge on any atom is -0.351 e. The van der Waals surface area contributed by atoms with E-state index in [1.165, 1.54) is 28.0 Å². The highest BCUT2D eigenvalue weighted by Crippen LogP contribution is 2.33. The summed E-state index contributed by atoms with van der Waals surface area (Å²) in [6.07, 6.45) is 0. The summed E-state index contributed by atoms with van der Waals surface area (Å²) in [4.78, 5) is 22.5. The highest BCUT2D eigenvalue weighted by Gasteiger charge is 2.21. The first kappa shape index (κ1) is 28.8. The lowest BCUT2D eigenvalue weighted by Gasteiger charge is -2.34. The monoisotopic (exact) mass is 585 g/mol. The number of piperazine rings is 1. The summed E-state index contributed by atoms with van der Waals surface area (Å²) in [6.45, 7) is 9.11. The van der Waals surface area contributed by atoms with Gasteiger partial charge in [0.05, 0.1) is 15.1 Å². The average Bonchev–Trinajstić information content (AvgIpc) is 3.39. The molecule has 2 heterocycles.